The van der Waals surface area contributed by atoms with Crippen molar-refractivity contribution in [1.29, 1.82) is 0 Å². The molecule has 1 fully saturated rings. The highest BCUT2D eigenvalue weighted by Gasteiger charge is 2.38. The summed E-state index contributed by atoms with van der Waals surface area (Å²) in [6.45, 7) is 0.828. The van der Waals surface area contributed by atoms with Gasteiger partial charge in [0.25, 0.3) is 0 Å². The molecule has 0 N–H and O–H groups in total. The van der Waals surface area contributed by atoms with Gasteiger partial charge in [-0.2, -0.15) is 0 Å². The lowest BCUT2D eigenvalue weighted by atomic mass is 9.74. The molecule has 128 valence electrons. The van der Waals surface area contributed by atoms with Crippen LogP contribution in [0.2, 0.25) is 0 Å². The first kappa shape index (κ1) is 17.2. The number of benzene rings is 2. The quantitative estimate of drug-likeness (QED) is 0.767. The second kappa shape index (κ2) is 7.96. The molecule has 0 atom stereocenters. The molecule has 1 aliphatic rings. The summed E-state index contributed by atoms with van der Waals surface area (Å²) in [5.41, 5.74) is 2.97. The number of hydrogen-bond acceptors (Lipinski definition) is 2. The summed E-state index contributed by atoms with van der Waals surface area (Å²) in [5.74, 6) is 0. The van der Waals surface area contributed by atoms with E-state index < -0.39 is 0 Å². The highest BCUT2D eigenvalue weighted by molar-refractivity contribution is 5.25. The van der Waals surface area contributed by atoms with E-state index in [-0.39, 0.29) is 5.54 Å². The van der Waals surface area contributed by atoms with E-state index in [0.717, 1.165) is 25.9 Å². The van der Waals surface area contributed by atoms with Gasteiger partial charge >= 0.3 is 0 Å². The standard InChI is InChI=1S/C22H29NO/c1-23(2)22(20-11-7-4-8-12-20)16-13-21(14-17-22)24-18-15-19-9-5-3-6-10-19/h3-12,21H,13-18H2,1-2H3. The van der Waals surface area contributed by atoms with Gasteiger partial charge in [-0.15, -0.1) is 0 Å². The monoisotopic (exact) mass is 323 g/mol. The van der Waals surface area contributed by atoms with Gasteiger partial charge in [-0.3, -0.25) is 4.90 Å². The first-order valence-electron chi connectivity index (χ1n) is 9.09. The summed E-state index contributed by atoms with van der Waals surface area (Å²) in [4.78, 5) is 2.41. The fourth-order valence-corrected chi connectivity index (χ4v) is 3.97. The number of rotatable bonds is 6. The van der Waals surface area contributed by atoms with Crippen molar-refractivity contribution in [2.75, 3.05) is 20.7 Å². The molecule has 2 aromatic rings. The molecule has 0 aromatic heterocycles. The maximum atomic E-state index is 6.18. The van der Waals surface area contributed by atoms with Gasteiger partial charge < -0.3 is 4.74 Å². The molecule has 0 aliphatic heterocycles. The highest BCUT2D eigenvalue weighted by Crippen LogP contribution is 2.41. The SMILES string of the molecule is CN(C)C1(c2ccccc2)CCC(OCCc2ccccc2)CC1. The van der Waals surface area contributed by atoms with E-state index in [9.17, 15) is 0 Å². The number of hydrogen-bond donors (Lipinski definition) is 0. The van der Waals surface area contributed by atoms with Crippen LogP contribution < -0.4 is 0 Å². The van der Waals surface area contributed by atoms with Gasteiger partial charge in [-0.05, 0) is 57.3 Å². The van der Waals surface area contributed by atoms with E-state index in [2.05, 4.69) is 79.7 Å². The zero-order valence-electron chi connectivity index (χ0n) is 14.9. The number of nitrogens with zero attached hydrogens (tertiary/aromatic N) is 1. The lowest BCUT2D eigenvalue weighted by Gasteiger charge is -2.45. The normalized spacial score (nSPS) is 24.2. The minimum Gasteiger partial charge on any atom is -0.378 e. The van der Waals surface area contributed by atoms with Crippen LogP contribution in [-0.2, 0) is 16.7 Å². The van der Waals surface area contributed by atoms with Gasteiger partial charge in [0, 0.05) is 5.54 Å². The molecule has 0 bridgehead atoms. The van der Waals surface area contributed by atoms with Crippen molar-refractivity contribution in [2.24, 2.45) is 0 Å². The zero-order valence-corrected chi connectivity index (χ0v) is 14.9. The van der Waals surface area contributed by atoms with Crippen LogP contribution in [0.3, 0.4) is 0 Å². The van der Waals surface area contributed by atoms with Crippen LogP contribution in [0, 0.1) is 0 Å². The van der Waals surface area contributed by atoms with Crippen molar-refractivity contribution in [1.82, 2.24) is 4.90 Å². The van der Waals surface area contributed by atoms with Crippen molar-refractivity contribution >= 4 is 0 Å². The predicted octanol–water partition coefficient (Wildman–Crippen LogP) is 4.65. The van der Waals surface area contributed by atoms with Crippen LogP contribution in [0.4, 0.5) is 0 Å². The molecule has 1 saturated carbocycles. The maximum Gasteiger partial charge on any atom is 0.0576 e. The summed E-state index contributed by atoms with van der Waals surface area (Å²) < 4.78 is 6.18. The summed E-state index contributed by atoms with van der Waals surface area (Å²) in [6, 6.07) is 21.6. The Morgan fingerprint density at radius 2 is 1.50 bits per heavy atom. The first-order chi connectivity index (χ1) is 11.7. The molecule has 2 nitrogen and oxygen atoms in total. The molecule has 0 heterocycles. The number of ether oxygens (including phenoxy) is 1. The average molecular weight is 323 g/mol. The van der Waals surface area contributed by atoms with Gasteiger partial charge in [0.2, 0.25) is 0 Å². The van der Waals surface area contributed by atoms with Crippen LogP contribution >= 0.6 is 0 Å². The second-order valence-electron chi connectivity index (χ2n) is 7.10. The maximum absolute atomic E-state index is 6.18. The summed E-state index contributed by atoms with van der Waals surface area (Å²) in [7, 11) is 4.42. The summed E-state index contributed by atoms with van der Waals surface area (Å²) in [6.07, 6.45) is 6.03. The fraction of sp³-hybridized carbons (Fsp3) is 0.455. The molecular weight excluding hydrogens is 294 g/mol. The summed E-state index contributed by atoms with van der Waals surface area (Å²) >= 11 is 0. The molecule has 0 unspecified atom stereocenters. The van der Waals surface area contributed by atoms with E-state index in [1.54, 1.807) is 0 Å². The van der Waals surface area contributed by atoms with Crippen LogP contribution in [-0.4, -0.2) is 31.7 Å². The van der Waals surface area contributed by atoms with Crippen molar-refractivity contribution in [3.63, 3.8) is 0 Å². The third kappa shape index (κ3) is 3.88. The van der Waals surface area contributed by atoms with Crippen LogP contribution in [0.25, 0.3) is 0 Å². The third-order valence-corrected chi connectivity index (χ3v) is 5.51. The third-order valence-electron chi connectivity index (χ3n) is 5.51. The molecule has 0 spiro atoms. The molecule has 0 amide bonds. The van der Waals surface area contributed by atoms with E-state index in [0.29, 0.717) is 6.10 Å². The Morgan fingerprint density at radius 1 is 0.917 bits per heavy atom. The van der Waals surface area contributed by atoms with Crippen molar-refractivity contribution in [2.45, 2.75) is 43.7 Å². The largest absolute Gasteiger partial charge is 0.378 e. The Morgan fingerprint density at radius 3 is 2.08 bits per heavy atom. The Balaban J connectivity index is 1.54. The van der Waals surface area contributed by atoms with Crippen LogP contribution in [0.5, 0.6) is 0 Å². The van der Waals surface area contributed by atoms with Gasteiger partial charge in [0.1, 0.15) is 0 Å². The van der Waals surface area contributed by atoms with Gasteiger partial charge in [0.15, 0.2) is 0 Å². The second-order valence-corrected chi connectivity index (χ2v) is 7.10. The molecule has 3 rings (SSSR count). The topological polar surface area (TPSA) is 12.5 Å². The smallest absolute Gasteiger partial charge is 0.0576 e. The van der Waals surface area contributed by atoms with E-state index in [1.165, 1.54) is 24.0 Å². The van der Waals surface area contributed by atoms with Gasteiger partial charge in [-0.25, -0.2) is 0 Å². The fourth-order valence-electron chi connectivity index (χ4n) is 3.97. The van der Waals surface area contributed by atoms with Crippen LogP contribution in [0.15, 0.2) is 60.7 Å². The van der Waals surface area contributed by atoms with E-state index >= 15 is 0 Å². The zero-order chi connectivity index (χ0) is 16.8. The minimum atomic E-state index is 0.167. The van der Waals surface area contributed by atoms with Crippen molar-refractivity contribution in [3.05, 3.63) is 71.8 Å². The molecular formula is C22H29NO. The Bertz CT molecular complexity index is 600. The average Bonchev–Trinajstić information content (AvgIpc) is 2.64. The van der Waals surface area contributed by atoms with Crippen LogP contribution in [0.1, 0.15) is 36.8 Å². The minimum absolute atomic E-state index is 0.167. The highest BCUT2D eigenvalue weighted by atomic mass is 16.5. The predicted molar refractivity (Wildman–Crippen MR) is 100 cm³/mol. The van der Waals surface area contributed by atoms with Gasteiger partial charge in [0.05, 0.1) is 12.7 Å². The van der Waals surface area contributed by atoms with Crippen molar-refractivity contribution < 1.29 is 4.74 Å². The van der Waals surface area contributed by atoms with E-state index in [4.69, 9.17) is 4.74 Å². The van der Waals surface area contributed by atoms with Crippen molar-refractivity contribution in [3.8, 4) is 0 Å². The summed E-state index contributed by atoms with van der Waals surface area (Å²) in [5, 5.41) is 0. The Hall–Kier alpha value is -1.64. The Kier molecular flexibility index (Phi) is 5.70. The lowest BCUT2D eigenvalue weighted by molar-refractivity contribution is -0.0159. The first-order valence-corrected chi connectivity index (χ1v) is 9.09. The molecule has 0 radical (unpaired) electrons. The van der Waals surface area contributed by atoms with Gasteiger partial charge in [-0.1, -0.05) is 60.7 Å². The molecule has 1 aliphatic carbocycles. The molecule has 24 heavy (non-hydrogen) atoms. The molecule has 0 saturated heterocycles. The van der Waals surface area contributed by atoms with E-state index in [1.807, 2.05) is 0 Å². The Labute approximate surface area is 146 Å². The lowest BCUT2D eigenvalue weighted by Crippen LogP contribution is -2.45. The molecule has 2 aromatic carbocycles. The molecule has 2 heteroatoms.